The van der Waals surface area contributed by atoms with E-state index >= 15 is 0 Å². The highest BCUT2D eigenvalue weighted by Gasteiger charge is 2.26. The lowest BCUT2D eigenvalue weighted by atomic mass is 9.98. The standard InChI is InChI=1S/C27H28N4O2S/c32-26(28-13-11-20-16-29-23-9-4-3-8-22(20)23)27(33)30-17-24(25-10-5-15-34-25)31-14-12-19-6-1-2-7-21(19)18-31/h1-10,15-16,24,29H,11-14,17-18H2,(H,28,32)(H,30,33)/t24-/m0/s1. The van der Waals surface area contributed by atoms with E-state index in [9.17, 15) is 9.59 Å². The van der Waals surface area contributed by atoms with Gasteiger partial charge in [0.15, 0.2) is 0 Å². The Kier molecular flexibility index (Phi) is 6.74. The van der Waals surface area contributed by atoms with Gasteiger partial charge in [-0.3, -0.25) is 14.5 Å². The quantitative estimate of drug-likeness (QED) is 0.358. The molecule has 0 unspecified atom stereocenters. The Labute approximate surface area is 203 Å². The maximum atomic E-state index is 12.6. The zero-order valence-corrected chi connectivity index (χ0v) is 19.7. The summed E-state index contributed by atoms with van der Waals surface area (Å²) in [6.07, 6.45) is 3.60. The first-order valence-electron chi connectivity index (χ1n) is 11.6. The molecule has 0 saturated heterocycles. The lowest BCUT2D eigenvalue weighted by Crippen LogP contribution is -2.45. The minimum atomic E-state index is -0.589. The fourth-order valence-corrected chi connectivity index (χ4v) is 5.53. The number of nitrogens with one attached hydrogen (secondary N) is 3. The summed E-state index contributed by atoms with van der Waals surface area (Å²) >= 11 is 1.68. The zero-order valence-electron chi connectivity index (χ0n) is 18.9. The van der Waals surface area contributed by atoms with Gasteiger partial charge in [0.05, 0.1) is 6.04 Å². The fourth-order valence-electron chi connectivity index (χ4n) is 4.67. The van der Waals surface area contributed by atoms with Crippen LogP contribution in [0.25, 0.3) is 10.9 Å². The van der Waals surface area contributed by atoms with Gasteiger partial charge in [-0.2, -0.15) is 0 Å². The number of para-hydroxylation sites is 1. The number of amides is 2. The number of nitrogens with zero attached hydrogens (tertiary/aromatic N) is 1. The number of H-pyrrole nitrogens is 1. The Morgan fingerprint density at radius 1 is 0.971 bits per heavy atom. The monoisotopic (exact) mass is 472 g/mol. The molecular formula is C27H28N4O2S. The van der Waals surface area contributed by atoms with Gasteiger partial charge >= 0.3 is 11.8 Å². The lowest BCUT2D eigenvalue weighted by Gasteiger charge is -2.35. The van der Waals surface area contributed by atoms with Crippen LogP contribution in [-0.2, 0) is 29.0 Å². The molecule has 1 atom stereocenters. The van der Waals surface area contributed by atoms with Crippen LogP contribution >= 0.6 is 11.3 Å². The van der Waals surface area contributed by atoms with Crippen molar-refractivity contribution in [3.63, 3.8) is 0 Å². The van der Waals surface area contributed by atoms with E-state index in [0.29, 0.717) is 19.5 Å². The van der Waals surface area contributed by atoms with Gasteiger partial charge < -0.3 is 15.6 Å². The topological polar surface area (TPSA) is 77.2 Å². The van der Waals surface area contributed by atoms with Crippen LogP contribution in [0.15, 0.2) is 72.2 Å². The van der Waals surface area contributed by atoms with E-state index in [0.717, 1.165) is 36.0 Å². The molecule has 1 aliphatic heterocycles. The van der Waals surface area contributed by atoms with Crippen LogP contribution in [-0.4, -0.2) is 41.3 Å². The highest BCUT2D eigenvalue weighted by Crippen LogP contribution is 2.30. The number of carbonyl (C=O) groups excluding carboxylic acids is 2. The van der Waals surface area contributed by atoms with Crippen LogP contribution < -0.4 is 10.6 Å². The molecule has 7 heteroatoms. The first kappa shape index (κ1) is 22.4. The second-order valence-electron chi connectivity index (χ2n) is 8.60. The average molecular weight is 473 g/mol. The molecule has 34 heavy (non-hydrogen) atoms. The van der Waals surface area contributed by atoms with Gasteiger partial charge in [0.25, 0.3) is 0 Å². The smallest absolute Gasteiger partial charge is 0.309 e. The molecule has 0 aliphatic carbocycles. The highest BCUT2D eigenvalue weighted by atomic mass is 32.1. The summed E-state index contributed by atoms with van der Waals surface area (Å²) in [5, 5.41) is 8.83. The van der Waals surface area contributed by atoms with E-state index in [1.54, 1.807) is 11.3 Å². The van der Waals surface area contributed by atoms with Crippen LogP contribution in [0.3, 0.4) is 0 Å². The van der Waals surface area contributed by atoms with E-state index in [2.05, 4.69) is 62.3 Å². The fraction of sp³-hybridized carbons (Fsp3) is 0.259. The summed E-state index contributed by atoms with van der Waals surface area (Å²) in [7, 11) is 0. The Morgan fingerprint density at radius 2 is 1.76 bits per heavy atom. The van der Waals surface area contributed by atoms with Crippen molar-refractivity contribution in [2.75, 3.05) is 19.6 Å². The van der Waals surface area contributed by atoms with E-state index in [4.69, 9.17) is 0 Å². The van der Waals surface area contributed by atoms with Gasteiger partial charge in [-0.1, -0.05) is 48.5 Å². The molecule has 0 saturated carbocycles. The molecule has 2 aromatic carbocycles. The molecule has 0 spiro atoms. The Bertz CT molecular complexity index is 1280. The molecular weight excluding hydrogens is 444 g/mol. The highest BCUT2D eigenvalue weighted by molar-refractivity contribution is 7.10. The number of aromatic nitrogens is 1. The van der Waals surface area contributed by atoms with Crippen molar-refractivity contribution in [3.05, 3.63) is 93.8 Å². The van der Waals surface area contributed by atoms with Crippen LogP contribution in [0.2, 0.25) is 0 Å². The summed E-state index contributed by atoms with van der Waals surface area (Å²) in [6, 6.07) is 20.8. The number of thiophene rings is 1. The molecule has 0 bridgehead atoms. The molecule has 2 amide bonds. The third-order valence-electron chi connectivity index (χ3n) is 6.49. The average Bonchev–Trinajstić information content (AvgIpc) is 3.55. The molecule has 5 rings (SSSR count). The molecule has 174 valence electrons. The van der Waals surface area contributed by atoms with E-state index in [1.807, 2.05) is 30.5 Å². The van der Waals surface area contributed by atoms with Crippen molar-refractivity contribution >= 4 is 34.1 Å². The van der Waals surface area contributed by atoms with E-state index in [-0.39, 0.29) is 6.04 Å². The third kappa shape index (κ3) is 4.90. The van der Waals surface area contributed by atoms with Crippen molar-refractivity contribution in [2.24, 2.45) is 0 Å². The zero-order chi connectivity index (χ0) is 23.3. The van der Waals surface area contributed by atoms with Gasteiger partial charge in [-0.05, 0) is 47.0 Å². The molecule has 3 N–H and O–H groups in total. The third-order valence-corrected chi connectivity index (χ3v) is 7.46. The maximum absolute atomic E-state index is 12.6. The first-order valence-corrected chi connectivity index (χ1v) is 12.5. The number of benzene rings is 2. The van der Waals surface area contributed by atoms with Crippen molar-refractivity contribution < 1.29 is 9.59 Å². The predicted octanol–water partition coefficient (Wildman–Crippen LogP) is 3.80. The number of aromatic amines is 1. The number of hydrogen-bond acceptors (Lipinski definition) is 4. The molecule has 1 aliphatic rings. The molecule has 3 heterocycles. The van der Waals surface area contributed by atoms with Gasteiger partial charge in [0, 0.05) is 48.2 Å². The minimum absolute atomic E-state index is 0.0383. The maximum Gasteiger partial charge on any atom is 0.309 e. The van der Waals surface area contributed by atoms with E-state index in [1.165, 1.54) is 16.0 Å². The lowest BCUT2D eigenvalue weighted by molar-refractivity contribution is -0.139. The SMILES string of the molecule is O=C(NCCc1c[nH]c2ccccc12)C(=O)NC[C@@H](c1cccs1)N1CCc2ccccc2C1. The summed E-state index contributed by atoms with van der Waals surface area (Å²) in [5.41, 5.74) is 4.92. The van der Waals surface area contributed by atoms with Crippen molar-refractivity contribution in [3.8, 4) is 0 Å². The van der Waals surface area contributed by atoms with Crippen molar-refractivity contribution in [1.29, 1.82) is 0 Å². The van der Waals surface area contributed by atoms with Crippen LogP contribution in [0.1, 0.15) is 27.6 Å². The Balaban J connectivity index is 1.16. The minimum Gasteiger partial charge on any atom is -0.361 e. The first-order chi connectivity index (χ1) is 16.7. The molecule has 0 radical (unpaired) electrons. The summed E-state index contributed by atoms with van der Waals surface area (Å²) in [5.74, 6) is -1.17. The van der Waals surface area contributed by atoms with Gasteiger partial charge in [-0.25, -0.2) is 0 Å². The van der Waals surface area contributed by atoms with Gasteiger partial charge in [0.2, 0.25) is 0 Å². The van der Waals surface area contributed by atoms with E-state index < -0.39 is 11.8 Å². The molecule has 0 fully saturated rings. The molecule has 6 nitrogen and oxygen atoms in total. The largest absolute Gasteiger partial charge is 0.361 e. The van der Waals surface area contributed by atoms with Crippen molar-refractivity contribution in [2.45, 2.75) is 25.4 Å². The number of fused-ring (bicyclic) bond motifs is 2. The Morgan fingerprint density at radius 3 is 2.62 bits per heavy atom. The molecule has 4 aromatic rings. The summed E-state index contributed by atoms with van der Waals surface area (Å²) < 4.78 is 0. The van der Waals surface area contributed by atoms with Crippen molar-refractivity contribution in [1.82, 2.24) is 20.5 Å². The van der Waals surface area contributed by atoms with Gasteiger partial charge in [0.1, 0.15) is 0 Å². The molecule has 2 aromatic heterocycles. The number of rotatable bonds is 7. The second-order valence-corrected chi connectivity index (χ2v) is 9.58. The number of hydrogen-bond donors (Lipinski definition) is 3. The van der Waals surface area contributed by atoms with Crippen LogP contribution in [0, 0.1) is 0 Å². The van der Waals surface area contributed by atoms with Crippen LogP contribution in [0.5, 0.6) is 0 Å². The van der Waals surface area contributed by atoms with Gasteiger partial charge in [-0.15, -0.1) is 11.3 Å². The van der Waals surface area contributed by atoms with Crippen LogP contribution in [0.4, 0.5) is 0 Å². The summed E-state index contributed by atoms with van der Waals surface area (Å²) in [4.78, 5) is 31.8. The Hall–Kier alpha value is -3.42. The normalized spacial score (nSPS) is 14.5. The predicted molar refractivity (Wildman–Crippen MR) is 136 cm³/mol. The number of carbonyl (C=O) groups is 2. The summed E-state index contributed by atoms with van der Waals surface area (Å²) in [6.45, 7) is 2.57. The second kappa shape index (κ2) is 10.2.